The average Bonchev–Trinajstić information content (AvgIpc) is 2.98. The fourth-order valence-corrected chi connectivity index (χ4v) is 2.86. The van der Waals surface area contributed by atoms with Crippen LogP contribution in [-0.4, -0.2) is 35.9 Å². The first kappa shape index (κ1) is 15.7. The normalized spacial score (nSPS) is 15.2. The van der Waals surface area contributed by atoms with E-state index in [9.17, 15) is 9.18 Å². The molecule has 1 saturated carbocycles. The summed E-state index contributed by atoms with van der Waals surface area (Å²) in [4.78, 5) is 18.3. The van der Waals surface area contributed by atoms with Gasteiger partial charge in [-0.1, -0.05) is 19.8 Å². The Morgan fingerprint density at radius 3 is 2.86 bits per heavy atom. The number of rotatable bonds is 6. The molecule has 21 heavy (non-hydrogen) atoms. The summed E-state index contributed by atoms with van der Waals surface area (Å²) < 4.78 is 13.4. The molecule has 4 nitrogen and oxygen atoms in total. The first-order valence-electron chi connectivity index (χ1n) is 7.76. The summed E-state index contributed by atoms with van der Waals surface area (Å²) in [6.07, 6.45) is 6.92. The highest BCUT2D eigenvalue weighted by Crippen LogP contribution is 2.26. The topological polar surface area (TPSA) is 45.2 Å². The third-order valence-corrected chi connectivity index (χ3v) is 3.98. The van der Waals surface area contributed by atoms with E-state index in [1.54, 1.807) is 11.9 Å². The number of hydrogen-bond acceptors (Lipinski definition) is 3. The molecule has 0 radical (unpaired) electrons. The number of hydrogen-bond donors (Lipinski definition) is 1. The van der Waals surface area contributed by atoms with Crippen molar-refractivity contribution in [2.45, 2.75) is 39.0 Å². The second-order valence-electron chi connectivity index (χ2n) is 5.81. The molecule has 1 aliphatic carbocycles. The van der Waals surface area contributed by atoms with E-state index in [2.05, 4.69) is 10.3 Å². The summed E-state index contributed by atoms with van der Waals surface area (Å²) in [6, 6.07) is 1.28. The van der Waals surface area contributed by atoms with E-state index < -0.39 is 5.82 Å². The average molecular weight is 293 g/mol. The van der Waals surface area contributed by atoms with Crippen molar-refractivity contribution in [1.82, 2.24) is 9.88 Å². The lowest BCUT2D eigenvalue weighted by Gasteiger charge is -2.22. The molecule has 5 heteroatoms. The van der Waals surface area contributed by atoms with Crippen molar-refractivity contribution >= 4 is 11.7 Å². The Morgan fingerprint density at radius 1 is 1.48 bits per heavy atom. The van der Waals surface area contributed by atoms with Gasteiger partial charge in [0, 0.05) is 20.1 Å². The number of carbonyl (C=O) groups is 1. The summed E-state index contributed by atoms with van der Waals surface area (Å²) in [5, 5.41) is 3.09. The highest BCUT2D eigenvalue weighted by atomic mass is 19.1. The number of halogens is 1. The Hall–Kier alpha value is -1.65. The van der Waals surface area contributed by atoms with E-state index in [0.717, 1.165) is 19.2 Å². The van der Waals surface area contributed by atoms with Crippen molar-refractivity contribution in [3.05, 3.63) is 23.6 Å². The molecular formula is C16H24FN3O. The number of aromatic nitrogens is 1. The summed E-state index contributed by atoms with van der Waals surface area (Å²) in [7, 11) is 1.79. The molecule has 1 fully saturated rings. The molecule has 1 heterocycles. The molecule has 0 atom stereocenters. The van der Waals surface area contributed by atoms with Crippen LogP contribution < -0.4 is 5.32 Å². The van der Waals surface area contributed by atoms with E-state index in [1.165, 1.54) is 31.7 Å². The lowest BCUT2D eigenvalue weighted by Crippen LogP contribution is -2.32. The van der Waals surface area contributed by atoms with Crippen LogP contribution in [0.1, 0.15) is 49.4 Å². The number of nitrogens with zero attached hydrogens (tertiary/aromatic N) is 2. The molecule has 0 saturated heterocycles. The van der Waals surface area contributed by atoms with Gasteiger partial charge in [0.05, 0.1) is 11.8 Å². The van der Waals surface area contributed by atoms with Gasteiger partial charge >= 0.3 is 0 Å². The van der Waals surface area contributed by atoms with Crippen LogP contribution in [-0.2, 0) is 0 Å². The molecule has 1 aromatic heterocycles. The SMILES string of the molecule is CCCNc1ncc(F)cc1C(=O)N(C)CC1CCCC1. The maximum atomic E-state index is 13.4. The van der Waals surface area contributed by atoms with Crippen LogP contribution in [0.25, 0.3) is 0 Å². The fourth-order valence-electron chi connectivity index (χ4n) is 2.86. The largest absolute Gasteiger partial charge is 0.369 e. The smallest absolute Gasteiger partial charge is 0.257 e. The van der Waals surface area contributed by atoms with Crippen LogP contribution in [0.4, 0.5) is 10.2 Å². The predicted molar refractivity (Wildman–Crippen MR) is 81.9 cm³/mol. The van der Waals surface area contributed by atoms with Gasteiger partial charge in [0.1, 0.15) is 11.6 Å². The number of amides is 1. The zero-order chi connectivity index (χ0) is 15.2. The standard InChI is InChI=1S/C16H24FN3O/c1-3-8-18-15-14(9-13(17)10-19-15)16(21)20(2)11-12-6-4-5-7-12/h9-10,12H,3-8,11H2,1-2H3,(H,18,19). The third kappa shape index (κ3) is 4.16. The lowest BCUT2D eigenvalue weighted by atomic mass is 10.1. The first-order chi connectivity index (χ1) is 10.1. The molecule has 0 aromatic carbocycles. The number of anilines is 1. The van der Waals surface area contributed by atoms with E-state index in [0.29, 0.717) is 23.8 Å². The molecule has 1 aromatic rings. The van der Waals surface area contributed by atoms with Gasteiger partial charge in [0.2, 0.25) is 0 Å². The maximum Gasteiger partial charge on any atom is 0.257 e. The fraction of sp³-hybridized carbons (Fsp3) is 0.625. The van der Waals surface area contributed by atoms with Crippen molar-refractivity contribution in [3.8, 4) is 0 Å². The Kier molecular flexibility index (Phi) is 5.53. The minimum atomic E-state index is -0.477. The van der Waals surface area contributed by atoms with Crippen LogP contribution in [0.5, 0.6) is 0 Å². The van der Waals surface area contributed by atoms with Gasteiger partial charge in [-0.2, -0.15) is 0 Å². The van der Waals surface area contributed by atoms with Gasteiger partial charge in [-0.25, -0.2) is 9.37 Å². The Morgan fingerprint density at radius 2 is 2.19 bits per heavy atom. The monoisotopic (exact) mass is 293 g/mol. The third-order valence-electron chi connectivity index (χ3n) is 3.98. The molecule has 0 bridgehead atoms. The molecule has 1 aliphatic rings. The van der Waals surface area contributed by atoms with Crippen LogP contribution in [0.15, 0.2) is 12.3 Å². The number of nitrogens with one attached hydrogen (secondary N) is 1. The highest BCUT2D eigenvalue weighted by molar-refractivity contribution is 5.98. The van der Waals surface area contributed by atoms with E-state index in [1.807, 2.05) is 6.92 Å². The Balaban J connectivity index is 2.10. The second-order valence-corrected chi connectivity index (χ2v) is 5.81. The number of pyridine rings is 1. The zero-order valence-corrected chi connectivity index (χ0v) is 12.9. The molecule has 2 rings (SSSR count). The van der Waals surface area contributed by atoms with E-state index in [4.69, 9.17) is 0 Å². The van der Waals surface area contributed by atoms with Crippen molar-refractivity contribution in [2.75, 3.05) is 25.5 Å². The minimum absolute atomic E-state index is 0.160. The Bertz CT molecular complexity index is 486. The molecular weight excluding hydrogens is 269 g/mol. The van der Waals surface area contributed by atoms with Crippen LogP contribution in [0, 0.1) is 11.7 Å². The minimum Gasteiger partial charge on any atom is -0.369 e. The Labute approximate surface area is 125 Å². The molecule has 1 N–H and O–H groups in total. The summed E-state index contributed by atoms with van der Waals surface area (Å²) in [5.41, 5.74) is 0.323. The van der Waals surface area contributed by atoms with Gasteiger partial charge in [0.25, 0.3) is 5.91 Å². The summed E-state index contributed by atoms with van der Waals surface area (Å²) >= 11 is 0. The van der Waals surface area contributed by atoms with E-state index in [-0.39, 0.29) is 5.91 Å². The molecule has 0 spiro atoms. The van der Waals surface area contributed by atoms with Crippen LogP contribution in [0.3, 0.4) is 0 Å². The molecule has 0 unspecified atom stereocenters. The summed E-state index contributed by atoms with van der Waals surface area (Å²) in [6.45, 7) is 3.48. The lowest BCUT2D eigenvalue weighted by molar-refractivity contribution is 0.0773. The highest BCUT2D eigenvalue weighted by Gasteiger charge is 2.22. The second kappa shape index (κ2) is 7.38. The predicted octanol–water partition coefficient (Wildman–Crippen LogP) is 3.30. The maximum absolute atomic E-state index is 13.4. The van der Waals surface area contributed by atoms with Crippen molar-refractivity contribution in [1.29, 1.82) is 0 Å². The van der Waals surface area contributed by atoms with Gasteiger partial charge in [-0.05, 0) is 31.2 Å². The van der Waals surface area contributed by atoms with Crippen LogP contribution >= 0.6 is 0 Å². The molecule has 1 amide bonds. The first-order valence-corrected chi connectivity index (χ1v) is 7.76. The van der Waals surface area contributed by atoms with Gasteiger partial charge in [0.15, 0.2) is 0 Å². The number of carbonyl (C=O) groups excluding carboxylic acids is 1. The molecule has 116 valence electrons. The van der Waals surface area contributed by atoms with Gasteiger partial charge in [-0.3, -0.25) is 4.79 Å². The zero-order valence-electron chi connectivity index (χ0n) is 12.9. The van der Waals surface area contributed by atoms with Gasteiger partial charge in [-0.15, -0.1) is 0 Å². The van der Waals surface area contributed by atoms with Crippen LogP contribution in [0.2, 0.25) is 0 Å². The molecule has 0 aliphatic heterocycles. The van der Waals surface area contributed by atoms with Crippen molar-refractivity contribution < 1.29 is 9.18 Å². The van der Waals surface area contributed by atoms with E-state index >= 15 is 0 Å². The van der Waals surface area contributed by atoms with Crippen molar-refractivity contribution in [2.24, 2.45) is 5.92 Å². The summed E-state index contributed by atoms with van der Waals surface area (Å²) in [5.74, 6) is 0.413. The van der Waals surface area contributed by atoms with Crippen molar-refractivity contribution in [3.63, 3.8) is 0 Å². The van der Waals surface area contributed by atoms with Gasteiger partial charge < -0.3 is 10.2 Å². The quantitative estimate of drug-likeness (QED) is 0.875.